The molecule has 0 radical (unpaired) electrons. The Hall–Kier alpha value is -2.30. The molecule has 6 nitrogen and oxygen atoms in total. The van der Waals surface area contributed by atoms with Gasteiger partial charge in [-0.1, -0.05) is 30.9 Å². The minimum absolute atomic E-state index is 0.00621. The van der Waals surface area contributed by atoms with Gasteiger partial charge in [-0.05, 0) is 25.3 Å². The number of carbonyl (C=O) groups excluding carboxylic acids is 1. The normalized spacial score (nSPS) is 25.2. The molecule has 1 aromatic carbocycles. The van der Waals surface area contributed by atoms with Crippen molar-refractivity contribution in [1.82, 2.24) is 4.90 Å². The number of benzene rings is 1. The van der Waals surface area contributed by atoms with Crippen LogP contribution in [0.4, 0.5) is 10.1 Å². The van der Waals surface area contributed by atoms with Crippen LogP contribution in [0.5, 0.6) is 5.75 Å². The summed E-state index contributed by atoms with van der Waals surface area (Å²) < 4.78 is 20.1. The van der Waals surface area contributed by atoms with Gasteiger partial charge in [-0.25, -0.2) is 9.18 Å². The molecule has 1 amide bonds. The van der Waals surface area contributed by atoms with Crippen LogP contribution in [0.1, 0.15) is 32.6 Å². The number of nitrogens with zero attached hydrogens (tertiary/aromatic N) is 2. The van der Waals surface area contributed by atoms with E-state index in [0.717, 1.165) is 23.8 Å². The average molecular weight is 395 g/mol. The molecule has 0 aromatic heterocycles. The Labute approximate surface area is 161 Å². The topological polar surface area (TPSA) is 70.1 Å². The molecule has 2 aliphatic rings. The van der Waals surface area contributed by atoms with E-state index >= 15 is 0 Å². The highest BCUT2D eigenvalue weighted by Gasteiger charge is 2.62. The van der Waals surface area contributed by atoms with Crippen LogP contribution in [0, 0.1) is 18.2 Å². The molecule has 3 rings (SSSR count). The monoisotopic (exact) mass is 394 g/mol. The van der Waals surface area contributed by atoms with Gasteiger partial charge in [-0.3, -0.25) is 14.6 Å². The molecule has 1 N–H and O–H groups in total. The van der Waals surface area contributed by atoms with Crippen molar-refractivity contribution < 1.29 is 23.8 Å². The summed E-state index contributed by atoms with van der Waals surface area (Å²) in [4.78, 5) is 28.2. The molecule has 2 aliphatic heterocycles. The summed E-state index contributed by atoms with van der Waals surface area (Å²) in [5.74, 6) is -0.0296. The molecule has 8 heteroatoms. The van der Waals surface area contributed by atoms with E-state index in [9.17, 15) is 19.1 Å². The van der Waals surface area contributed by atoms with Gasteiger partial charge in [-0.2, -0.15) is 0 Å². The molecule has 144 valence electrons. The molecule has 2 fully saturated rings. The van der Waals surface area contributed by atoms with Crippen LogP contribution in [0.25, 0.3) is 0 Å². The molecule has 2 unspecified atom stereocenters. The molecule has 0 bridgehead atoms. The Balaban J connectivity index is 2.17. The number of hydrogen-bond donors (Lipinski definition) is 1. The Kier molecular flexibility index (Phi) is 5.31. The Bertz CT molecular complexity index is 825. The number of rotatable bonds is 5. The molecule has 0 saturated carbocycles. The third-order valence-electron chi connectivity index (χ3n) is 5.24. The number of halogens is 2. The predicted octanol–water partition coefficient (Wildman–Crippen LogP) is 2.88. The zero-order chi connectivity index (χ0) is 19.8. The highest BCUT2D eigenvalue weighted by Crippen LogP contribution is 2.45. The van der Waals surface area contributed by atoms with Crippen molar-refractivity contribution in [3.63, 3.8) is 0 Å². The van der Waals surface area contributed by atoms with E-state index in [1.807, 2.05) is 0 Å². The van der Waals surface area contributed by atoms with Crippen LogP contribution in [0.3, 0.4) is 0 Å². The molecule has 2 heterocycles. The average Bonchev–Trinajstić information content (AvgIpc) is 2.91. The molecule has 1 aromatic rings. The van der Waals surface area contributed by atoms with E-state index < -0.39 is 29.4 Å². The maximum atomic E-state index is 14.8. The first-order valence-corrected chi connectivity index (χ1v) is 9.15. The Morgan fingerprint density at radius 1 is 1.52 bits per heavy atom. The maximum Gasteiger partial charge on any atom is 0.345 e. The predicted molar refractivity (Wildman–Crippen MR) is 98.2 cm³/mol. The van der Waals surface area contributed by atoms with Crippen LogP contribution >= 0.6 is 11.6 Å². The molecular weight excluding hydrogens is 375 g/mol. The second-order valence-corrected chi connectivity index (χ2v) is 6.99. The summed E-state index contributed by atoms with van der Waals surface area (Å²) in [5, 5.41) is 10.1. The molecule has 0 aliphatic carbocycles. The lowest BCUT2D eigenvalue weighted by Gasteiger charge is -2.41. The van der Waals surface area contributed by atoms with Crippen LogP contribution in [-0.2, 0) is 9.59 Å². The van der Waals surface area contributed by atoms with E-state index in [1.54, 1.807) is 11.8 Å². The molecule has 0 spiro atoms. The van der Waals surface area contributed by atoms with Gasteiger partial charge in [0.2, 0.25) is 11.6 Å². The quantitative estimate of drug-likeness (QED) is 0.778. The van der Waals surface area contributed by atoms with E-state index in [4.69, 9.17) is 22.8 Å². The first kappa shape index (κ1) is 19.5. The van der Waals surface area contributed by atoms with Gasteiger partial charge >= 0.3 is 5.97 Å². The molecular formula is C19H20ClFN2O4. The molecule has 2 saturated heterocycles. The number of hydrogen-bond acceptors (Lipinski definition) is 4. The van der Waals surface area contributed by atoms with Gasteiger partial charge in [0.05, 0.1) is 16.8 Å². The highest BCUT2D eigenvalue weighted by atomic mass is 35.5. The van der Waals surface area contributed by atoms with Crippen molar-refractivity contribution in [1.29, 1.82) is 0 Å². The van der Waals surface area contributed by atoms with E-state index in [-0.39, 0.29) is 29.5 Å². The van der Waals surface area contributed by atoms with Crippen LogP contribution in [-0.4, -0.2) is 46.7 Å². The number of anilines is 1. The molecule has 2 atom stereocenters. The minimum Gasteiger partial charge on any atom is -0.479 e. The van der Waals surface area contributed by atoms with Gasteiger partial charge in [0.1, 0.15) is 18.2 Å². The summed E-state index contributed by atoms with van der Waals surface area (Å²) in [7, 11) is 0. The van der Waals surface area contributed by atoms with Gasteiger partial charge in [0, 0.05) is 12.6 Å². The summed E-state index contributed by atoms with van der Waals surface area (Å²) in [6.45, 7) is 2.04. The number of aliphatic carboxylic acids is 1. The number of amides is 1. The summed E-state index contributed by atoms with van der Waals surface area (Å²) in [6, 6.07) is 1.67. The first-order chi connectivity index (χ1) is 12.9. The van der Waals surface area contributed by atoms with Crippen molar-refractivity contribution in [3.8, 4) is 18.1 Å². The van der Waals surface area contributed by atoms with Crippen molar-refractivity contribution in [2.45, 2.75) is 44.3 Å². The smallest absolute Gasteiger partial charge is 0.345 e. The van der Waals surface area contributed by atoms with E-state index in [0.29, 0.717) is 13.0 Å². The lowest BCUT2D eigenvalue weighted by Crippen LogP contribution is -2.61. The summed E-state index contributed by atoms with van der Waals surface area (Å²) >= 11 is 6.01. The Morgan fingerprint density at radius 2 is 2.26 bits per heavy atom. The number of terminal acetylenes is 1. The van der Waals surface area contributed by atoms with Gasteiger partial charge in [0.15, 0.2) is 0 Å². The number of ether oxygens (including phenoxy) is 1. The lowest BCUT2D eigenvalue weighted by atomic mass is 9.98. The number of piperidine rings is 1. The van der Waals surface area contributed by atoms with E-state index in [2.05, 4.69) is 5.92 Å². The fourth-order valence-electron chi connectivity index (χ4n) is 4.06. The maximum absolute atomic E-state index is 14.8. The lowest BCUT2D eigenvalue weighted by molar-refractivity contribution is -0.151. The number of carboxylic acid groups (broad SMARTS) is 1. The SMILES string of the molecule is C#CCOc1cc(N2C(=O)C3CCCCN3C2(CC)C(=O)O)c(F)cc1Cl. The fourth-order valence-corrected chi connectivity index (χ4v) is 4.26. The van der Waals surface area contributed by atoms with Gasteiger partial charge in [0.25, 0.3) is 0 Å². The second-order valence-electron chi connectivity index (χ2n) is 6.58. The number of fused-ring (bicyclic) bond motifs is 1. The number of carbonyl (C=O) groups is 2. The summed E-state index contributed by atoms with van der Waals surface area (Å²) in [6.07, 6.45) is 7.43. The third-order valence-corrected chi connectivity index (χ3v) is 5.54. The van der Waals surface area contributed by atoms with E-state index in [1.165, 1.54) is 6.07 Å². The second kappa shape index (κ2) is 7.37. The van der Waals surface area contributed by atoms with Gasteiger partial charge in [-0.15, -0.1) is 6.42 Å². The van der Waals surface area contributed by atoms with Crippen molar-refractivity contribution in [2.24, 2.45) is 0 Å². The van der Waals surface area contributed by atoms with Crippen molar-refractivity contribution in [3.05, 3.63) is 23.0 Å². The number of carboxylic acids is 1. The van der Waals surface area contributed by atoms with Crippen LogP contribution < -0.4 is 9.64 Å². The third kappa shape index (κ3) is 2.93. The van der Waals surface area contributed by atoms with Crippen LogP contribution in [0.2, 0.25) is 5.02 Å². The standard InChI is InChI=1S/C19H20ClFN2O4/c1-3-9-27-16-11-15(13(21)10-12(16)20)23-17(24)14-7-5-6-8-22(14)19(23,4-2)18(25)26/h1,10-11,14H,4-9H2,2H3,(H,25,26). The fraction of sp³-hybridized carbons (Fsp3) is 0.474. The minimum atomic E-state index is -1.65. The Morgan fingerprint density at radius 3 is 2.89 bits per heavy atom. The first-order valence-electron chi connectivity index (χ1n) is 8.78. The van der Waals surface area contributed by atoms with Gasteiger partial charge < -0.3 is 9.84 Å². The summed E-state index contributed by atoms with van der Waals surface area (Å²) in [5.41, 5.74) is -1.82. The zero-order valence-corrected chi connectivity index (χ0v) is 15.6. The van der Waals surface area contributed by atoms with Crippen LogP contribution in [0.15, 0.2) is 12.1 Å². The van der Waals surface area contributed by atoms with Crippen molar-refractivity contribution in [2.75, 3.05) is 18.1 Å². The van der Waals surface area contributed by atoms with Crippen molar-refractivity contribution >= 4 is 29.2 Å². The largest absolute Gasteiger partial charge is 0.479 e. The molecule has 27 heavy (non-hydrogen) atoms. The highest BCUT2D eigenvalue weighted by molar-refractivity contribution is 6.32. The zero-order valence-electron chi connectivity index (χ0n) is 14.9.